The predicted octanol–water partition coefficient (Wildman–Crippen LogP) is 2.69. The van der Waals surface area contributed by atoms with Gasteiger partial charge in [0.25, 0.3) is 15.5 Å². The van der Waals surface area contributed by atoms with Gasteiger partial charge in [0.1, 0.15) is 0 Å². The summed E-state index contributed by atoms with van der Waals surface area (Å²) in [6.45, 7) is 0. The summed E-state index contributed by atoms with van der Waals surface area (Å²) < 4.78 is 46.5. The molecule has 0 radical (unpaired) electrons. The van der Waals surface area contributed by atoms with E-state index in [4.69, 9.17) is 22.3 Å². The Bertz CT molecular complexity index is 464. The highest BCUT2D eigenvalue weighted by Crippen LogP contribution is 2.23. The van der Waals surface area contributed by atoms with Crippen LogP contribution in [0.5, 0.6) is 0 Å². The maximum absolute atomic E-state index is 12.3. The van der Waals surface area contributed by atoms with E-state index in [2.05, 4.69) is 4.98 Å². The van der Waals surface area contributed by atoms with Crippen LogP contribution in [0.3, 0.4) is 0 Å². The van der Waals surface area contributed by atoms with E-state index >= 15 is 0 Å². The fraction of sp³-hybridized carbons (Fsp3) is 0.286. The van der Waals surface area contributed by atoms with Crippen molar-refractivity contribution in [3.05, 3.63) is 23.4 Å². The SMILES string of the molecule is O=S(=O)(Cl)c1cc(C(F)F)cc(CCl)n1. The van der Waals surface area contributed by atoms with E-state index in [1.165, 1.54) is 0 Å². The number of alkyl halides is 3. The quantitative estimate of drug-likeness (QED) is 0.630. The molecule has 0 unspecified atom stereocenters. The number of hydrogen-bond acceptors (Lipinski definition) is 3. The van der Waals surface area contributed by atoms with E-state index in [1.807, 2.05) is 0 Å². The van der Waals surface area contributed by atoms with Crippen LogP contribution in [0.4, 0.5) is 8.78 Å². The smallest absolute Gasteiger partial charge is 0.239 e. The number of rotatable bonds is 3. The maximum Gasteiger partial charge on any atom is 0.278 e. The zero-order valence-electron chi connectivity index (χ0n) is 7.12. The van der Waals surface area contributed by atoms with Crippen LogP contribution >= 0.6 is 22.3 Å². The minimum atomic E-state index is -4.12. The second kappa shape index (κ2) is 4.59. The molecule has 1 aromatic rings. The van der Waals surface area contributed by atoms with Crippen LogP contribution in [0, 0.1) is 0 Å². The third kappa shape index (κ3) is 3.25. The second-order valence-corrected chi connectivity index (χ2v) is 5.38. The number of nitrogens with zero attached hydrogens (tertiary/aromatic N) is 1. The van der Waals surface area contributed by atoms with Crippen LogP contribution < -0.4 is 0 Å². The molecular weight excluding hydrogens is 271 g/mol. The molecule has 0 spiro atoms. The number of hydrogen-bond donors (Lipinski definition) is 0. The van der Waals surface area contributed by atoms with Crippen molar-refractivity contribution >= 4 is 31.3 Å². The average Bonchev–Trinajstić information content (AvgIpc) is 2.15. The summed E-state index contributed by atoms with van der Waals surface area (Å²) in [7, 11) is 0.864. The van der Waals surface area contributed by atoms with Gasteiger partial charge in [-0.2, -0.15) is 0 Å². The molecule has 84 valence electrons. The molecule has 0 aromatic carbocycles. The number of aromatic nitrogens is 1. The molecule has 0 aliphatic rings. The van der Waals surface area contributed by atoms with Crippen LogP contribution in [0.1, 0.15) is 17.7 Å². The Morgan fingerprint density at radius 3 is 2.40 bits per heavy atom. The Morgan fingerprint density at radius 1 is 1.40 bits per heavy atom. The fourth-order valence-corrected chi connectivity index (χ4v) is 1.78. The summed E-state index contributed by atoms with van der Waals surface area (Å²) in [5.74, 6) is -0.167. The Balaban J connectivity index is 3.36. The van der Waals surface area contributed by atoms with E-state index < -0.39 is 26.1 Å². The topological polar surface area (TPSA) is 47.0 Å². The van der Waals surface area contributed by atoms with Crippen molar-refractivity contribution in [1.82, 2.24) is 4.98 Å². The van der Waals surface area contributed by atoms with Gasteiger partial charge in [0.05, 0.1) is 11.6 Å². The molecule has 15 heavy (non-hydrogen) atoms. The van der Waals surface area contributed by atoms with E-state index in [-0.39, 0.29) is 11.6 Å². The van der Waals surface area contributed by atoms with Gasteiger partial charge < -0.3 is 0 Å². The largest absolute Gasteiger partial charge is 0.278 e. The van der Waals surface area contributed by atoms with E-state index in [1.54, 1.807) is 0 Å². The highest BCUT2D eigenvalue weighted by atomic mass is 35.7. The molecule has 0 bridgehead atoms. The third-order valence-electron chi connectivity index (χ3n) is 1.52. The van der Waals surface area contributed by atoms with Gasteiger partial charge in [0, 0.05) is 16.2 Å². The predicted molar refractivity (Wildman–Crippen MR) is 51.8 cm³/mol. The molecule has 0 aliphatic heterocycles. The van der Waals surface area contributed by atoms with Crippen LogP contribution in [0.2, 0.25) is 0 Å². The minimum Gasteiger partial charge on any atom is -0.239 e. The first-order valence-corrected chi connectivity index (χ1v) is 6.48. The van der Waals surface area contributed by atoms with E-state index in [9.17, 15) is 17.2 Å². The van der Waals surface area contributed by atoms with Gasteiger partial charge in [-0.15, -0.1) is 11.6 Å². The molecule has 0 saturated heterocycles. The van der Waals surface area contributed by atoms with Crippen LogP contribution in [0.25, 0.3) is 0 Å². The summed E-state index contributed by atoms with van der Waals surface area (Å²) in [6.07, 6.45) is -2.80. The van der Waals surface area contributed by atoms with E-state index in [0.717, 1.165) is 12.1 Å². The van der Waals surface area contributed by atoms with Gasteiger partial charge in [-0.3, -0.25) is 0 Å². The number of halogens is 4. The highest BCUT2D eigenvalue weighted by molar-refractivity contribution is 8.13. The Morgan fingerprint density at radius 2 is 2.00 bits per heavy atom. The molecule has 0 N–H and O–H groups in total. The molecule has 1 aromatic heterocycles. The Kier molecular flexibility index (Phi) is 3.86. The first-order chi connectivity index (χ1) is 6.84. The lowest BCUT2D eigenvalue weighted by molar-refractivity contribution is 0.151. The van der Waals surface area contributed by atoms with Gasteiger partial charge in [-0.25, -0.2) is 22.2 Å². The minimum absolute atomic E-state index is 0.0358. The highest BCUT2D eigenvalue weighted by Gasteiger charge is 2.17. The molecule has 0 amide bonds. The molecule has 3 nitrogen and oxygen atoms in total. The van der Waals surface area contributed by atoms with Crippen molar-refractivity contribution in [3.8, 4) is 0 Å². The first-order valence-electron chi connectivity index (χ1n) is 3.64. The van der Waals surface area contributed by atoms with Gasteiger partial charge >= 0.3 is 0 Å². The van der Waals surface area contributed by atoms with Crippen molar-refractivity contribution in [1.29, 1.82) is 0 Å². The molecule has 0 saturated carbocycles. The van der Waals surface area contributed by atoms with Gasteiger partial charge in [0.15, 0.2) is 5.03 Å². The molecular formula is C7H5Cl2F2NO2S. The molecule has 0 aliphatic carbocycles. The summed E-state index contributed by atoms with van der Waals surface area (Å²) >= 11 is 5.38. The fourth-order valence-electron chi connectivity index (χ4n) is 0.902. The summed E-state index contributed by atoms with van der Waals surface area (Å²) in [6, 6.07) is 1.76. The lowest BCUT2D eigenvalue weighted by Crippen LogP contribution is -2.00. The van der Waals surface area contributed by atoms with Crippen molar-refractivity contribution in [2.75, 3.05) is 0 Å². The van der Waals surface area contributed by atoms with Crippen LogP contribution in [-0.2, 0) is 14.9 Å². The van der Waals surface area contributed by atoms with Crippen molar-refractivity contribution in [2.45, 2.75) is 17.3 Å². The Labute approximate surface area is 94.4 Å². The summed E-state index contributed by atoms with van der Waals surface area (Å²) in [5.41, 5.74) is -0.437. The average molecular weight is 276 g/mol. The van der Waals surface area contributed by atoms with Gasteiger partial charge in [0.2, 0.25) is 0 Å². The summed E-state index contributed by atoms with van der Waals surface area (Å²) in [5, 5.41) is -0.613. The van der Waals surface area contributed by atoms with Gasteiger partial charge in [-0.1, -0.05) is 0 Å². The standard InChI is InChI=1S/C7H5Cl2F2NO2S/c8-3-5-1-4(7(10)11)2-6(12-5)15(9,13)14/h1-2,7H,3H2. The van der Waals surface area contributed by atoms with Crippen molar-refractivity contribution in [2.24, 2.45) is 0 Å². The second-order valence-electron chi connectivity index (χ2n) is 2.60. The van der Waals surface area contributed by atoms with E-state index in [0.29, 0.717) is 0 Å². The molecule has 8 heteroatoms. The van der Waals surface area contributed by atoms with Gasteiger partial charge in [-0.05, 0) is 12.1 Å². The zero-order chi connectivity index (χ0) is 11.6. The Hall–Kier alpha value is -0.460. The lowest BCUT2D eigenvalue weighted by Gasteiger charge is -2.04. The van der Waals surface area contributed by atoms with Crippen molar-refractivity contribution in [3.63, 3.8) is 0 Å². The lowest BCUT2D eigenvalue weighted by atomic mass is 10.2. The third-order valence-corrected chi connectivity index (χ3v) is 2.97. The number of pyridine rings is 1. The summed E-state index contributed by atoms with van der Waals surface area (Å²) in [4.78, 5) is 3.52. The molecule has 1 heterocycles. The zero-order valence-corrected chi connectivity index (χ0v) is 9.45. The van der Waals surface area contributed by atoms with Crippen LogP contribution in [0.15, 0.2) is 17.2 Å². The van der Waals surface area contributed by atoms with Crippen LogP contribution in [-0.4, -0.2) is 13.4 Å². The first kappa shape index (κ1) is 12.6. The van der Waals surface area contributed by atoms with Crippen molar-refractivity contribution < 1.29 is 17.2 Å². The molecule has 0 fully saturated rings. The normalized spacial score (nSPS) is 12.1. The molecule has 1 rings (SSSR count). The maximum atomic E-state index is 12.3. The monoisotopic (exact) mass is 275 g/mol. The molecule has 0 atom stereocenters.